The Hall–Kier alpha value is -0.830. The molecule has 1 aromatic carbocycles. The molecule has 2 rings (SSSR count). The molecular weight excluding hydrogens is 254 g/mol. The summed E-state index contributed by atoms with van der Waals surface area (Å²) in [6.07, 6.45) is 2.93. The van der Waals surface area contributed by atoms with E-state index in [1.165, 1.54) is 12.5 Å². The molecule has 76 valence electrons. The molecule has 0 N–H and O–H groups in total. The van der Waals surface area contributed by atoms with Crippen molar-refractivity contribution in [2.75, 3.05) is 0 Å². The van der Waals surface area contributed by atoms with Crippen molar-refractivity contribution in [2.45, 2.75) is 0 Å². The molecule has 0 bridgehead atoms. The second-order valence-corrected chi connectivity index (χ2v) is 4.01. The number of benzene rings is 1. The van der Waals surface area contributed by atoms with Gasteiger partial charge in [0.25, 0.3) is 0 Å². The normalized spacial score (nSPS) is 10.3. The van der Waals surface area contributed by atoms with Gasteiger partial charge in [0.05, 0.1) is 20.8 Å². The number of hydrogen-bond donors (Lipinski definition) is 0. The Balaban J connectivity index is 2.65. The van der Waals surface area contributed by atoms with Crippen LogP contribution in [0.3, 0.4) is 0 Å². The Morgan fingerprint density at radius 1 is 1.00 bits per heavy atom. The highest BCUT2D eigenvalue weighted by atomic mass is 35.5. The van der Waals surface area contributed by atoms with Crippen LogP contribution in [-0.4, -0.2) is 9.97 Å². The van der Waals surface area contributed by atoms with E-state index in [1.54, 1.807) is 12.1 Å². The molecule has 0 aliphatic heterocycles. The van der Waals surface area contributed by atoms with E-state index in [1.807, 2.05) is 6.07 Å². The molecule has 1 aromatic heterocycles. The molecule has 0 amide bonds. The Kier molecular flexibility index (Phi) is 3.10. The lowest BCUT2D eigenvalue weighted by atomic mass is 10.1. The van der Waals surface area contributed by atoms with Gasteiger partial charge in [-0.2, -0.15) is 0 Å². The summed E-state index contributed by atoms with van der Waals surface area (Å²) in [5.74, 6) is 0. The van der Waals surface area contributed by atoms with Crippen LogP contribution in [-0.2, 0) is 0 Å². The van der Waals surface area contributed by atoms with Crippen LogP contribution in [0, 0.1) is 0 Å². The van der Waals surface area contributed by atoms with Gasteiger partial charge in [0, 0.05) is 11.8 Å². The minimum absolute atomic E-state index is 0.444. The third-order valence-corrected chi connectivity index (χ3v) is 2.97. The highest BCUT2D eigenvalue weighted by molar-refractivity contribution is 6.44. The molecular formula is C10H5Cl3N2. The molecule has 0 fully saturated rings. The fourth-order valence-corrected chi connectivity index (χ4v) is 1.79. The van der Waals surface area contributed by atoms with Gasteiger partial charge in [-0.05, 0) is 6.07 Å². The zero-order valence-corrected chi connectivity index (χ0v) is 9.68. The first-order valence-electron chi connectivity index (χ1n) is 4.10. The monoisotopic (exact) mass is 258 g/mol. The van der Waals surface area contributed by atoms with Crippen LogP contribution in [0.1, 0.15) is 0 Å². The second kappa shape index (κ2) is 4.35. The molecule has 2 aromatic rings. The van der Waals surface area contributed by atoms with Gasteiger partial charge in [-0.1, -0.05) is 46.9 Å². The van der Waals surface area contributed by atoms with Gasteiger partial charge in [0.15, 0.2) is 0 Å². The topological polar surface area (TPSA) is 25.8 Å². The van der Waals surface area contributed by atoms with Gasteiger partial charge in [-0.25, -0.2) is 9.97 Å². The predicted molar refractivity (Wildman–Crippen MR) is 62.5 cm³/mol. The van der Waals surface area contributed by atoms with E-state index in [4.69, 9.17) is 34.8 Å². The van der Waals surface area contributed by atoms with Gasteiger partial charge in [0.2, 0.25) is 0 Å². The van der Waals surface area contributed by atoms with E-state index in [9.17, 15) is 0 Å². The van der Waals surface area contributed by atoms with Crippen LogP contribution >= 0.6 is 34.8 Å². The van der Waals surface area contributed by atoms with Gasteiger partial charge in [0.1, 0.15) is 6.33 Å². The summed E-state index contributed by atoms with van der Waals surface area (Å²) in [5, 5.41) is 1.37. The fourth-order valence-electron chi connectivity index (χ4n) is 1.20. The lowest BCUT2D eigenvalue weighted by Crippen LogP contribution is -1.87. The minimum atomic E-state index is 0.444. The summed E-state index contributed by atoms with van der Waals surface area (Å²) in [4.78, 5) is 7.87. The Morgan fingerprint density at radius 2 is 1.80 bits per heavy atom. The zero-order valence-electron chi connectivity index (χ0n) is 7.42. The van der Waals surface area contributed by atoms with E-state index in [2.05, 4.69) is 9.97 Å². The number of aromatic nitrogens is 2. The zero-order chi connectivity index (χ0) is 10.8. The van der Waals surface area contributed by atoms with Gasteiger partial charge < -0.3 is 0 Å². The van der Waals surface area contributed by atoms with Crippen molar-refractivity contribution in [3.8, 4) is 11.3 Å². The van der Waals surface area contributed by atoms with Crippen molar-refractivity contribution >= 4 is 34.8 Å². The van der Waals surface area contributed by atoms with Gasteiger partial charge >= 0.3 is 0 Å². The highest BCUT2D eigenvalue weighted by Gasteiger charge is 2.10. The smallest absolute Gasteiger partial charge is 0.116 e. The van der Waals surface area contributed by atoms with E-state index in [0.29, 0.717) is 26.3 Å². The lowest BCUT2D eigenvalue weighted by molar-refractivity contribution is 1.17. The van der Waals surface area contributed by atoms with Crippen LogP contribution in [0.15, 0.2) is 30.7 Å². The van der Waals surface area contributed by atoms with Crippen molar-refractivity contribution < 1.29 is 0 Å². The van der Waals surface area contributed by atoms with E-state index in [-0.39, 0.29) is 0 Å². The summed E-state index contributed by atoms with van der Waals surface area (Å²) in [7, 11) is 0. The Bertz CT molecular complexity index is 500. The summed E-state index contributed by atoms with van der Waals surface area (Å²) < 4.78 is 0. The largest absolute Gasteiger partial charge is 0.243 e. The first-order valence-corrected chi connectivity index (χ1v) is 5.23. The standard InChI is InChI=1S/C10H5Cl3N2/c11-7-3-1-2-6(9(7)13)10-8(12)4-14-5-15-10/h1-5H. The molecule has 5 heteroatoms. The highest BCUT2D eigenvalue weighted by Crippen LogP contribution is 2.34. The minimum Gasteiger partial charge on any atom is -0.243 e. The number of rotatable bonds is 1. The van der Waals surface area contributed by atoms with E-state index >= 15 is 0 Å². The maximum atomic E-state index is 6.05. The third-order valence-electron chi connectivity index (χ3n) is 1.87. The maximum absolute atomic E-state index is 6.05. The first-order chi connectivity index (χ1) is 7.20. The molecule has 0 spiro atoms. The van der Waals surface area contributed by atoms with Crippen LogP contribution in [0.2, 0.25) is 15.1 Å². The molecule has 0 saturated carbocycles. The van der Waals surface area contributed by atoms with Crippen molar-refractivity contribution in [1.82, 2.24) is 9.97 Å². The number of halogens is 3. The molecule has 0 saturated heterocycles. The van der Waals surface area contributed by atoms with Gasteiger partial charge in [-0.15, -0.1) is 0 Å². The summed E-state index contributed by atoms with van der Waals surface area (Å²) in [5.41, 5.74) is 1.29. The van der Waals surface area contributed by atoms with Crippen molar-refractivity contribution in [3.63, 3.8) is 0 Å². The lowest BCUT2D eigenvalue weighted by Gasteiger charge is -2.05. The molecule has 0 radical (unpaired) electrons. The quantitative estimate of drug-likeness (QED) is 0.770. The van der Waals surface area contributed by atoms with Crippen LogP contribution in [0.4, 0.5) is 0 Å². The first kappa shape index (κ1) is 10.7. The molecule has 0 aliphatic carbocycles. The summed E-state index contributed by atoms with van der Waals surface area (Å²) in [6, 6.07) is 5.31. The van der Waals surface area contributed by atoms with Crippen molar-refractivity contribution in [2.24, 2.45) is 0 Å². The number of nitrogens with zero attached hydrogens (tertiary/aromatic N) is 2. The molecule has 0 atom stereocenters. The number of hydrogen-bond acceptors (Lipinski definition) is 2. The van der Waals surface area contributed by atoms with Crippen molar-refractivity contribution in [3.05, 3.63) is 45.8 Å². The average molecular weight is 260 g/mol. The van der Waals surface area contributed by atoms with Gasteiger partial charge in [-0.3, -0.25) is 0 Å². The van der Waals surface area contributed by atoms with E-state index in [0.717, 1.165) is 0 Å². The Morgan fingerprint density at radius 3 is 2.53 bits per heavy atom. The third kappa shape index (κ3) is 2.07. The maximum Gasteiger partial charge on any atom is 0.116 e. The molecule has 1 heterocycles. The molecule has 15 heavy (non-hydrogen) atoms. The molecule has 0 unspecified atom stereocenters. The Labute approximate surface area is 102 Å². The second-order valence-electron chi connectivity index (χ2n) is 2.82. The average Bonchev–Trinajstić information content (AvgIpc) is 2.23. The van der Waals surface area contributed by atoms with Crippen LogP contribution in [0.25, 0.3) is 11.3 Å². The van der Waals surface area contributed by atoms with E-state index < -0.39 is 0 Å². The summed E-state index contributed by atoms with van der Waals surface area (Å²) in [6.45, 7) is 0. The predicted octanol–water partition coefficient (Wildman–Crippen LogP) is 4.10. The summed E-state index contributed by atoms with van der Waals surface area (Å²) >= 11 is 17.9. The molecule has 0 aliphatic rings. The van der Waals surface area contributed by atoms with Crippen LogP contribution < -0.4 is 0 Å². The molecule has 2 nitrogen and oxygen atoms in total. The van der Waals surface area contributed by atoms with Crippen molar-refractivity contribution in [1.29, 1.82) is 0 Å². The van der Waals surface area contributed by atoms with Crippen LogP contribution in [0.5, 0.6) is 0 Å². The fraction of sp³-hybridized carbons (Fsp3) is 0. The SMILES string of the molecule is Clc1cncnc1-c1cccc(Cl)c1Cl.